The monoisotopic (exact) mass is 284 g/mol. The third kappa shape index (κ3) is 3.05. The predicted octanol–water partition coefficient (Wildman–Crippen LogP) is 2.92. The lowest BCUT2D eigenvalue weighted by atomic mass is 9.93. The molecule has 1 aromatic carbocycles. The Morgan fingerprint density at radius 3 is 3.00 bits per heavy atom. The van der Waals surface area contributed by atoms with Gasteiger partial charge in [-0.2, -0.15) is 0 Å². The van der Waals surface area contributed by atoms with Crippen molar-refractivity contribution >= 4 is 16.8 Å². The summed E-state index contributed by atoms with van der Waals surface area (Å²) in [5.41, 5.74) is 1.36. The van der Waals surface area contributed by atoms with E-state index >= 15 is 0 Å². The molecule has 0 aliphatic carbocycles. The maximum atomic E-state index is 12.6. The molecule has 1 fully saturated rings. The number of aromatic nitrogens is 1. The Bertz CT molecular complexity index is 661. The Morgan fingerprint density at radius 1 is 1.33 bits per heavy atom. The number of amides is 1. The average Bonchev–Trinajstić information content (AvgIpc) is 2.45. The van der Waals surface area contributed by atoms with Crippen LogP contribution in [-0.2, 0) is 4.74 Å². The van der Waals surface area contributed by atoms with Gasteiger partial charge in [-0.3, -0.25) is 9.78 Å². The van der Waals surface area contributed by atoms with Crippen LogP contribution in [0.4, 0.5) is 0 Å². The third-order valence-electron chi connectivity index (χ3n) is 3.92. The van der Waals surface area contributed by atoms with E-state index in [2.05, 4.69) is 24.1 Å². The van der Waals surface area contributed by atoms with Gasteiger partial charge in [-0.15, -0.1) is 0 Å². The highest BCUT2D eigenvalue weighted by Crippen LogP contribution is 2.24. The van der Waals surface area contributed by atoms with Gasteiger partial charge in [0.2, 0.25) is 0 Å². The maximum absolute atomic E-state index is 12.6. The minimum absolute atomic E-state index is 0.0312. The maximum Gasteiger partial charge on any atom is 0.252 e. The van der Waals surface area contributed by atoms with E-state index < -0.39 is 0 Å². The predicted molar refractivity (Wildman–Crippen MR) is 82.3 cm³/mol. The van der Waals surface area contributed by atoms with Crippen molar-refractivity contribution in [3.8, 4) is 0 Å². The van der Waals surface area contributed by atoms with E-state index in [-0.39, 0.29) is 17.6 Å². The van der Waals surface area contributed by atoms with Gasteiger partial charge in [-0.05, 0) is 44.9 Å². The zero-order chi connectivity index (χ0) is 14.9. The fraction of sp³-hybridized carbons (Fsp3) is 0.412. The summed E-state index contributed by atoms with van der Waals surface area (Å²) in [6.45, 7) is 4.81. The number of carbonyl (C=O) groups excluding carboxylic acids is 1. The summed E-state index contributed by atoms with van der Waals surface area (Å²) < 4.78 is 5.69. The molecule has 2 aromatic rings. The molecule has 21 heavy (non-hydrogen) atoms. The van der Waals surface area contributed by atoms with Crippen LogP contribution < -0.4 is 5.32 Å². The third-order valence-corrected chi connectivity index (χ3v) is 3.92. The quantitative estimate of drug-likeness (QED) is 0.922. The molecule has 4 heteroatoms. The van der Waals surface area contributed by atoms with Gasteiger partial charge in [0, 0.05) is 29.8 Å². The van der Waals surface area contributed by atoms with Crippen LogP contribution >= 0.6 is 0 Å². The molecule has 0 spiro atoms. The number of fused-ring (bicyclic) bond motifs is 1. The topological polar surface area (TPSA) is 51.2 Å². The molecular weight excluding hydrogens is 264 g/mol. The molecule has 1 aliphatic rings. The Balaban J connectivity index is 1.81. The van der Waals surface area contributed by atoms with Crippen molar-refractivity contribution < 1.29 is 9.53 Å². The summed E-state index contributed by atoms with van der Waals surface area (Å²) in [6, 6.07) is 9.60. The normalized spacial score (nSPS) is 21.1. The molecule has 1 aliphatic heterocycles. The molecule has 1 amide bonds. The highest BCUT2D eigenvalue weighted by molar-refractivity contribution is 6.06. The first-order chi connectivity index (χ1) is 10.1. The van der Waals surface area contributed by atoms with Crippen molar-refractivity contribution in [1.29, 1.82) is 0 Å². The SMILES string of the molecule is CC1(C)CC(NC(=O)c2cccc3ncccc23)CCO1. The van der Waals surface area contributed by atoms with Crippen LogP contribution in [0.3, 0.4) is 0 Å². The number of nitrogens with one attached hydrogen (secondary N) is 1. The minimum Gasteiger partial charge on any atom is -0.375 e. The molecule has 2 heterocycles. The Morgan fingerprint density at radius 2 is 2.19 bits per heavy atom. The Kier molecular flexibility index (Phi) is 3.64. The number of hydrogen-bond donors (Lipinski definition) is 1. The second-order valence-corrected chi connectivity index (χ2v) is 6.15. The molecule has 4 nitrogen and oxygen atoms in total. The van der Waals surface area contributed by atoms with Crippen LogP contribution in [0.5, 0.6) is 0 Å². The number of benzene rings is 1. The lowest BCUT2D eigenvalue weighted by Gasteiger charge is -2.35. The molecule has 0 radical (unpaired) electrons. The van der Waals surface area contributed by atoms with Gasteiger partial charge in [-0.1, -0.05) is 12.1 Å². The number of ether oxygens (including phenoxy) is 1. The largest absolute Gasteiger partial charge is 0.375 e. The minimum atomic E-state index is -0.170. The molecule has 1 saturated heterocycles. The molecular formula is C17H20N2O2. The van der Waals surface area contributed by atoms with Crippen LogP contribution in [0.25, 0.3) is 10.9 Å². The van der Waals surface area contributed by atoms with E-state index in [4.69, 9.17) is 4.74 Å². The molecule has 1 N–H and O–H groups in total. The van der Waals surface area contributed by atoms with Crippen molar-refractivity contribution in [3.05, 3.63) is 42.1 Å². The summed E-state index contributed by atoms with van der Waals surface area (Å²) in [5.74, 6) is -0.0312. The molecule has 1 aromatic heterocycles. The Hall–Kier alpha value is -1.94. The van der Waals surface area contributed by atoms with Crippen molar-refractivity contribution in [2.75, 3.05) is 6.61 Å². The van der Waals surface area contributed by atoms with Gasteiger partial charge >= 0.3 is 0 Å². The summed E-state index contributed by atoms with van der Waals surface area (Å²) in [7, 11) is 0. The first-order valence-corrected chi connectivity index (χ1v) is 7.34. The lowest BCUT2D eigenvalue weighted by Crippen LogP contribution is -2.45. The second kappa shape index (κ2) is 5.45. The van der Waals surface area contributed by atoms with Crippen LogP contribution in [0.2, 0.25) is 0 Å². The van der Waals surface area contributed by atoms with E-state index in [9.17, 15) is 4.79 Å². The van der Waals surface area contributed by atoms with Gasteiger partial charge < -0.3 is 10.1 Å². The molecule has 110 valence electrons. The number of rotatable bonds is 2. The van der Waals surface area contributed by atoms with Crippen molar-refractivity contribution in [2.45, 2.75) is 38.3 Å². The van der Waals surface area contributed by atoms with Gasteiger partial charge in [0.25, 0.3) is 5.91 Å². The van der Waals surface area contributed by atoms with Crippen LogP contribution in [0.1, 0.15) is 37.0 Å². The smallest absolute Gasteiger partial charge is 0.252 e. The summed E-state index contributed by atoms with van der Waals surface area (Å²) in [5, 5.41) is 4.03. The Labute approximate surface area is 124 Å². The molecule has 1 atom stereocenters. The number of carbonyl (C=O) groups is 1. The molecule has 3 rings (SSSR count). The van der Waals surface area contributed by atoms with Gasteiger partial charge in [0.05, 0.1) is 11.1 Å². The first-order valence-electron chi connectivity index (χ1n) is 7.34. The number of hydrogen-bond acceptors (Lipinski definition) is 3. The number of nitrogens with zero attached hydrogens (tertiary/aromatic N) is 1. The van der Waals surface area contributed by atoms with Crippen molar-refractivity contribution in [1.82, 2.24) is 10.3 Å². The lowest BCUT2D eigenvalue weighted by molar-refractivity contribution is -0.0615. The van der Waals surface area contributed by atoms with Crippen molar-refractivity contribution in [2.24, 2.45) is 0 Å². The van der Waals surface area contributed by atoms with Gasteiger partial charge in [0.1, 0.15) is 0 Å². The summed E-state index contributed by atoms with van der Waals surface area (Å²) in [4.78, 5) is 16.9. The zero-order valence-electron chi connectivity index (χ0n) is 12.4. The molecule has 0 bridgehead atoms. The molecule has 1 unspecified atom stereocenters. The summed E-state index contributed by atoms with van der Waals surface area (Å²) in [6.07, 6.45) is 3.44. The fourth-order valence-electron chi connectivity index (χ4n) is 2.92. The highest BCUT2D eigenvalue weighted by Gasteiger charge is 2.30. The van der Waals surface area contributed by atoms with Crippen LogP contribution in [-0.4, -0.2) is 29.1 Å². The second-order valence-electron chi connectivity index (χ2n) is 6.15. The van der Waals surface area contributed by atoms with E-state index in [1.165, 1.54) is 0 Å². The average molecular weight is 284 g/mol. The van der Waals surface area contributed by atoms with Crippen LogP contribution in [0.15, 0.2) is 36.5 Å². The standard InChI is InChI=1S/C17H20N2O2/c1-17(2)11-12(8-10-21-17)19-16(20)14-5-3-7-15-13(14)6-4-9-18-15/h3-7,9,12H,8,10-11H2,1-2H3,(H,19,20). The first kappa shape index (κ1) is 14.0. The van der Waals surface area contributed by atoms with E-state index in [0.717, 1.165) is 23.7 Å². The summed E-state index contributed by atoms with van der Waals surface area (Å²) >= 11 is 0. The number of pyridine rings is 1. The zero-order valence-corrected chi connectivity index (χ0v) is 12.4. The van der Waals surface area contributed by atoms with Crippen LogP contribution in [0, 0.1) is 0 Å². The van der Waals surface area contributed by atoms with Crippen molar-refractivity contribution in [3.63, 3.8) is 0 Å². The van der Waals surface area contributed by atoms with E-state index in [1.54, 1.807) is 6.20 Å². The van der Waals surface area contributed by atoms with E-state index in [0.29, 0.717) is 12.2 Å². The molecule has 0 saturated carbocycles. The fourth-order valence-corrected chi connectivity index (χ4v) is 2.92. The van der Waals surface area contributed by atoms with E-state index in [1.807, 2.05) is 30.3 Å². The van der Waals surface area contributed by atoms with Gasteiger partial charge in [0.15, 0.2) is 0 Å². The highest BCUT2D eigenvalue weighted by atomic mass is 16.5. The van der Waals surface area contributed by atoms with Gasteiger partial charge in [-0.25, -0.2) is 0 Å².